The molecule has 0 amide bonds. The fourth-order valence-corrected chi connectivity index (χ4v) is 2.36. The maximum atomic E-state index is 13.6. The Balaban J connectivity index is 2.00. The van der Waals surface area contributed by atoms with Gasteiger partial charge in [-0.05, 0) is 29.8 Å². The van der Waals surface area contributed by atoms with Crippen LogP contribution < -0.4 is 0 Å². The summed E-state index contributed by atoms with van der Waals surface area (Å²) in [5.74, 6) is -1.49. The third kappa shape index (κ3) is 2.42. The number of aromatic nitrogens is 2. The second-order valence-corrected chi connectivity index (χ2v) is 4.83. The number of nitrogens with zero attached hydrogens (tertiary/aromatic N) is 2. The molecule has 0 aliphatic heterocycles. The SMILES string of the molecule is Cn1nc(C(=O)Cc2cc(F)ccc2F)c2ccccc21. The van der Waals surface area contributed by atoms with E-state index in [9.17, 15) is 13.6 Å². The van der Waals surface area contributed by atoms with Crippen molar-refractivity contribution in [1.29, 1.82) is 0 Å². The van der Waals surface area contributed by atoms with E-state index in [1.54, 1.807) is 17.8 Å². The van der Waals surface area contributed by atoms with Crippen LogP contribution >= 0.6 is 0 Å². The lowest BCUT2D eigenvalue weighted by molar-refractivity contribution is 0.0988. The number of hydrogen-bond donors (Lipinski definition) is 0. The highest BCUT2D eigenvalue weighted by Gasteiger charge is 2.17. The van der Waals surface area contributed by atoms with Gasteiger partial charge in [-0.2, -0.15) is 5.10 Å². The first kappa shape index (κ1) is 13.4. The molecule has 0 N–H and O–H groups in total. The lowest BCUT2D eigenvalue weighted by atomic mass is 10.0. The van der Waals surface area contributed by atoms with Crippen molar-refractivity contribution in [1.82, 2.24) is 9.78 Å². The van der Waals surface area contributed by atoms with E-state index < -0.39 is 11.6 Å². The molecule has 1 aromatic heterocycles. The molecule has 0 saturated heterocycles. The number of rotatable bonds is 3. The number of fused-ring (bicyclic) bond motifs is 1. The zero-order valence-electron chi connectivity index (χ0n) is 11.3. The average molecular weight is 286 g/mol. The molecule has 0 spiro atoms. The second kappa shape index (κ2) is 5.09. The number of ketones is 1. The van der Waals surface area contributed by atoms with Crippen LogP contribution in [0.25, 0.3) is 10.9 Å². The number of hydrogen-bond acceptors (Lipinski definition) is 2. The summed E-state index contributed by atoms with van der Waals surface area (Å²) in [5.41, 5.74) is 1.13. The number of carbonyl (C=O) groups excluding carboxylic acids is 1. The van der Waals surface area contributed by atoms with Gasteiger partial charge in [-0.1, -0.05) is 18.2 Å². The number of halogens is 2. The molecule has 3 rings (SSSR count). The Labute approximate surface area is 119 Å². The Kier molecular flexibility index (Phi) is 3.25. The molecule has 0 atom stereocenters. The Morgan fingerprint density at radius 2 is 1.95 bits per heavy atom. The molecule has 1 heterocycles. The minimum atomic E-state index is -0.593. The smallest absolute Gasteiger partial charge is 0.188 e. The quantitative estimate of drug-likeness (QED) is 0.693. The summed E-state index contributed by atoms with van der Waals surface area (Å²) >= 11 is 0. The van der Waals surface area contributed by atoms with Gasteiger partial charge in [0.2, 0.25) is 0 Å². The van der Waals surface area contributed by atoms with Crippen LogP contribution in [0.15, 0.2) is 42.5 Å². The highest BCUT2D eigenvalue weighted by molar-refractivity contribution is 6.06. The fourth-order valence-electron chi connectivity index (χ4n) is 2.36. The van der Waals surface area contributed by atoms with Crippen LogP contribution in [-0.4, -0.2) is 15.6 Å². The average Bonchev–Trinajstić information content (AvgIpc) is 2.81. The van der Waals surface area contributed by atoms with Crippen molar-refractivity contribution in [2.75, 3.05) is 0 Å². The van der Waals surface area contributed by atoms with E-state index in [2.05, 4.69) is 5.10 Å². The molecule has 0 radical (unpaired) electrons. The standard InChI is InChI=1S/C16H12F2N2O/c1-20-14-5-3-2-4-12(14)16(19-20)15(21)9-10-8-11(17)6-7-13(10)18/h2-8H,9H2,1H3. The predicted molar refractivity (Wildman–Crippen MR) is 75.1 cm³/mol. The van der Waals surface area contributed by atoms with Crippen LogP contribution in [-0.2, 0) is 13.5 Å². The van der Waals surface area contributed by atoms with E-state index in [0.717, 1.165) is 23.7 Å². The normalized spacial score (nSPS) is 11.0. The Morgan fingerprint density at radius 3 is 2.76 bits per heavy atom. The zero-order chi connectivity index (χ0) is 15.0. The molecule has 0 bridgehead atoms. The highest BCUT2D eigenvalue weighted by Crippen LogP contribution is 2.20. The lowest BCUT2D eigenvalue weighted by Crippen LogP contribution is -2.07. The van der Waals surface area contributed by atoms with Crippen molar-refractivity contribution >= 4 is 16.7 Å². The third-order valence-electron chi connectivity index (χ3n) is 3.38. The van der Waals surface area contributed by atoms with E-state index in [0.29, 0.717) is 5.39 Å². The van der Waals surface area contributed by atoms with E-state index in [-0.39, 0.29) is 23.5 Å². The van der Waals surface area contributed by atoms with Crippen molar-refractivity contribution in [2.45, 2.75) is 6.42 Å². The first-order valence-corrected chi connectivity index (χ1v) is 6.45. The topological polar surface area (TPSA) is 34.9 Å². The fraction of sp³-hybridized carbons (Fsp3) is 0.125. The Hall–Kier alpha value is -2.56. The molecule has 21 heavy (non-hydrogen) atoms. The molecule has 106 valence electrons. The van der Waals surface area contributed by atoms with Gasteiger partial charge in [0.1, 0.15) is 17.3 Å². The van der Waals surface area contributed by atoms with Crippen LogP contribution in [0.2, 0.25) is 0 Å². The van der Waals surface area contributed by atoms with Gasteiger partial charge in [-0.15, -0.1) is 0 Å². The van der Waals surface area contributed by atoms with Crippen molar-refractivity contribution in [3.8, 4) is 0 Å². The van der Waals surface area contributed by atoms with E-state index in [1.807, 2.05) is 18.2 Å². The maximum Gasteiger partial charge on any atom is 0.188 e. The Morgan fingerprint density at radius 1 is 1.19 bits per heavy atom. The first-order chi connectivity index (χ1) is 10.1. The van der Waals surface area contributed by atoms with Crippen LogP contribution in [0.1, 0.15) is 16.1 Å². The van der Waals surface area contributed by atoms with Gasteiger partial charge in [0.05, 0.1) is 5.52 Å². The molecule has 2 aromatic carbocycles. The lowest BCUT2D eigenvalue weighted by Gasteiger charge is -2.02. The zero-order valence-corrected chi connectivity index (χ0v) is 11.3. The summed E-state index contributed by atoms with van der Waals surface area (Å²) in [6.45, 7) is 0. The molecule has 0 aliphatic rings. The largest absolute Gasteiger partial charge is 0.292 e. The minimum absolute atomic E-state index is 0.0368. The Bertz CT molecular complexity index is 839. The van der Waals surface area contributed by atoms with Crippen molar-refractivity contribution in [2.24, 2.45) is 7.05 Å². The van der Waals surface area contributed by atoms with Gasteiger partial charge in [0, 0.05) is 18.9 Å². The second-order valence-electron chi connectivity index (χ2n) is 4.83. The molecule has 0 aliphatic carbocycles. The first-order valence-electron chi connectivity index (χ1n) is 6.45. The summed E-state index contributed by atoms with van der Waals surface area (Å²) in [7, 11) is 1.74. The molecule has 3 aromatic rings. The molecule has 5 heteroatoms. The summed E-state index contributed by atoms with van der Waals surface area (Å²) in [6.07, 6.45) is -0.218. The highest BCUT2D eigenvalue weighted by atomic mass is 19.1. The monoisotopic (exact) mass is 286 g/mol. The van der Waals surface area contributed by atoms with Crippen molar-refractivity contribution < 1.29 is 13.6 Å². The van der Waals surface area contributed by atoms with Crippen LogP contribution in [0.3, 0.4) is 0 Å². The van der Waals surface area contributed by atoms with Gasteiger partial charge < -0.3 is 0 Å². The molecular formula is C16H12F2N2O. The summed E-state index contributed by atoms with van der Waals surface area (Å²) in [5, 5.41) is 4.90. The molecule has 0 saturated carbocycles. The summed E-state index contributed by atoms with van der Waals surface area (Å²) < 4.78 is 28.4. The van der Waals surface area contributed by atoms with E-state index in [1.165, 1.54) is 0 Å². The molecular weight excluding hydrogens is 274 g/mol. The number of para-hydroxylation sites is 1. The van der Waals surface area contributed by atoms with Gasteiger partial charge in [-0.3, -0.25) is 9.48 Å². The van der Waals surface area contributed by atoms with E-state index >= 15 is 0 Å². The van der Waals surface area contributed by atoms with Gasteiger partial charge >= 0.3 is 0 Å². The van der Waals surface area contributed by atoms with Crippen LogP contribution in [0.5, 0.6) is 0 Å². The van der Waals surface area contributed by atoms with Gasteiger partial charge in [-0.25, -0.2) is 8.78 Å². The number of benzene rings is 2. The molecule has 0 fully saturated rings. The summed E-state index contributed by atoms with van der Waals surface area (Å²) in [4.78, 5) is 12.3. The maximum absolute atomic E-state index is 13.6. The van der Waals surface area contributed by atoms with E-state index in [4.69, 9.17) is 0 Å². The van der Waals surface area contributed by atoms with Gasteiger partial charge in [0.25, 0.3) is 0 Å². The van der Waals surface area contributed by atoms with Crippen molar-refractivity contribution in [3.63, 3.8) is 0 Å². The van der Waals surface area contributed by atoms with Gasteiger partial charge in [0.15, 0.2) is 5.78 Å². The number of carbonyl (C=O) groups is 1. The summed E-state index contributed by atoms with van der Waals surface area (Å²) in [6, 6.07) is 10.4. The number of Topliss-reactive ketones (excluding diaryl/α,β-unsaturated/α-hetero) is 1. The van der Waals surface area contributed by atoms with Crippen LogP contribution in [0.4, 0.5) is 8.78 Å². The van der Waals surface area contributed by atoms with Crippen LogP contribution in [0, 0.1) is 11.6 Å². The minimum Gasteiger partial charge on any atom is -0.292 e. The molecule has 3 nitrogen and oxygen atoms in total. The number of aryl methyl sites for hydroxylation is 1. The predicted octanol–water partition coefficient (Wildman–Crippen LogP) is 3.28. The van der Waals surface area contributed by atoms with Crippen molar-refractivity contribution in [3.05, 3.63) is 65.4 Å². The molecule has 0 unspecified atom stereocenters. The third-order valence-corrected chi connectivity index (χ3v) is 3.38.